The van der Waals surface area contributed by atoms with Crippen LogP contribution in [0.4, 0.5) is 11.4 Å². The normalized spacial score (nSPS) is 20.3. The molecule has 5 heteroatoms. The van der Waals surface area contributed by atoms with Gasteiger partial charge in [0.25, 0.3) is 0 Å². The Balaban J connectivity index is 2.33. The monoisotopic (exact) mass is 236 g/mol. The molecule has 1 aromatic rings. The smallest absolute Gasteiger partial charge is 0.337 e. The van der Waals surface area contributed by atoms with Gasteiger partial charge in [0.15, 0.2) is 0 Å². The van der Waals surface area contributed by atoms with Gasteiger partial charge in [0, 0.05) is 18.8 Å². The van der Waals surface area contributed by atoms with E-state index in [4.69, 9.17) is 10.5 Å². The van der Waals surface area contributed by atoms with Crippen molar-refractivity contribution in [2.24, 2.45) is 0 Å². The van der Waals surface area contributed by atoms with Crippen LogP contribution in [-0.4, -0.2) is 36.9 Å². The second-order valence-electron chi connectivity index (χ2n) is 4.21. The molecule has 0 aliphatic carbocycles. The van der Waals surface area contributed by atoms with Gasteiger partial charge >= 0.3 is 5.97 Å². The SMILES string of the molecule is CC1CN(c2ccc(N)cc2C(=O)O)CCO1. The third kappa shape index (κ3) is 2.50. The summed E-state index contributed by atoms with van der Waals surface area (Å²) in [5.74, 6) is -0.952. The lowest BCUT2D eigenvalue weighted by Crippen LogP contribution is -2.41. The Labute approximate surface area is 99.8 Å². The molecular formula is C12H16N2O3. The summed E-state index contributed by atoms with van der Waals surface area (Å²) in [6, 6.07) is 4.98. The molecule has 0 spiro atoms. The van der Waals surface area contributed by atoms with Gasteiger partial charge in [-0.05, 0) is 25.1 Å². The van der Waals surface area contributed by atoms with Crippen LogP contribution in [0.3, 0.4) is 0 Å². The lowest BCUT2D eigenvalue weighted by Gasteiger charge is -2.33. The number of nitrogens with zero attached hydrogens (tertiary/aromatic N) is 1. The summed E-state index contributed by atoms with van der Waals surface area (Å²) >= 11 is 0. The molecule has 2 rings (SSSR count). The van der Waals surface area contributed by atoms with Gasteiger partial charge in [-0.15, -0.1) is 0 Å². The van der Waals surface area contributed by atoms with E-state index in [0.717, 1.165) is 0 Å². The molecule has 0 amide bonds. The number of nitrogens with two attached hydrogens (primary N) is 1. The number of carbonyl (C=O) groups is 1. The van der Waals surface area contributed by atoms with Crippen LogP contribution < -0.4 is 10.6 Å². The zero-order valence-electron chi connectivity index (χ0n) is 9.72. The van der Waals surface area contributed by atoms with Crippen LogP contribution in [-0.2, 0) is 4.74 Å². The summed E-state index contributed by atoms with van der Waals surface area (Å²) in [6.45, 7) is 3.99. The zero-order valence-corrected chi connectivity index (χ0v) is 9.72. The first-order valence-electron chi connectivity index (χ1n) is 5.57. The molecule has 0 saturated carbocycles. The number of carboxylic acids is 1. The maximum absolute atomic E-state index is 11.2. The quantitative estimate of drug-likeness (QED) is 0.754. The first-order valence-corrected chi connectivity index (χ1v) is 5.57. The van der Waals surface area contributed by atoms with Gasteiger partial charge in [-0.2, -0.15) is 0 Å². The number of hydrogen-bond acceptors (Lipinski definition) is 4. The molecule has 1 fully saturated rings. The maximum atomic E-state index is 11.2. The predicted octanol–water partition coefficient (Wildman–Crippen LogP) is 1.19. The third-order valence-electron chi connectivity index (χ3n) is 2.83. The Hall–Kier alpha value is -1.75. The Morgan fingerprint density at radius 3 is 3.00 bits per heavy atom. The van der Waals surface area contributed by atoms with Crippen molar-refractivity contribution >= 4 is 17.3 Å². The molecule has 1 aliphatic rings. The molecule has 1 saturated heterocycles. The Morgan fingerprint density at radius 2 is 2.35 bits per heavy atom. The Kier molecular flexibility index (Phi) is 3.19. The van der Waals surface area contributed by atoms with Gasteiger partial charge in [-0.3, -0.25) is 0 Å². The van der Waals surface area contributed by atoms with E-state index in [1.807, 2.05) is 11.8 Å². The van der Waals surface area contributed by atoms with Crippen LogP contribution in [0.1, 0.15) is 17.3 Å². The minimum Gasteiger partial charge on any atom is -0.478 e. The van der Waals surface area contributed by atoms with Crippen molar-refractivity contribution in [1.82, 2.24) is 0 Å². The molecule has 1 aromatic carbocycles. The van der Waals surface area contributed by atoms with Crippen molar-refractivity contribution in [1.29, 1.82) is 0 Å². The number of carboxylic acid groups (broad SMARTS) is 1. The number of anilines is 2. The van der Waals surface area contributed by atoms with Crippen LogP contribution in [0.2, 0.25) is 0 Å². The average molecular weight is 236 g/mol. The fraction of sp³-hybridized carbons (Fsp3) is 0.417. The second-order valence-corrected chi connectivity index (χ2v) is 4.21. The van der Waals surface area contributed by atoms with Crippen molar-refractivity contribution in [2.45, 2.75) is 13.0 Å². The summed E-state index contributed by atoms with van der Waals surface area (Å²) in [5.41, 5.74) is 7.04. The van der Waals surface area contributed by atoms with Gasteiger partial charge in [-0.1, -0.05) is 0 Å². The fourth-order valence-corrected chi connectivity index (χ4v) is 2.04. The number of ether oxygens (including phenoxy) is 1. The summed E-state index contributed by atoms with van der Waals surface area (Å²) in [4.78, 5) is 13.2. The number of rotatable bonds is 2. The minimum atomic E-state index is -0.952. The molecule has 1 unspecified atom stereocenters. The first kappa shape index (κ1) is 11.7. The fourth-order valence-electron chi connectivity index (χ4n) is 2.04. The molecule has 0 bridgehead atoms. The number of benzene rings is 1. The molecule has 5 nitrogen and oxygen atoms in total. The Bertz CT molecular complexity index is 434. The average Bonchev–Trinajstić information content (AvgIpc) is 2.28. The van der Waals surface area contributed by atoms with E-state index in [9.17, 15) is 9.90 Å². The van der Waals surface area contributed by atoms with Crippen molar-refractivity contribution in [2.75, 3.05) is 30.3 Å². The lowest BCUT2D eigenvalue weighted by molar-refractivity contribution is 0.0528. The van der Waals surface area contributed by atoms with E-state index in [2.05, 4.69) is 0 Å². The van der Waals surface area contributed by atoms with Gasteiger partial charge < -0.3 is 20.5 Å². The molecule has 92 valence electrons. The molecule has 3 N–H and O–H groups in total. The molecule has 1 heterocycles. The standard InChI is InChI=1S/C12H16N2O3/c1-8-7-14(4-5-17-8)11-3-2-9(13)6-10(11)12(15)16/h2-3,6,8H,4-5,7,13H2,1H3,(H,15,16). The highest BCUT2D eigenvalue weighted by atomic mass is 16.5. The van der Waals surface area contributed by atoms with Crippen LogP contribution in [0.5, 0.6) is 0 Å². The summed E-state index contributed by atoms with van der Waals surface area (Å²) < 4.78 is 5.44. The van der Waals surface area contributed by atoms with Crippen LogP contribution in [0.25, 0.3) is 0 Å². The van der Waals surface area contributed by atoms with E-state index in [-0.39, 0.29) is 11.7 Å². The van der Waals surface area contributed by atoms with Crippen LogP contribution in [0.15, 0.2) is 18.2 Å². The van der Waals surface area contributed by atoms with Gasteiger partial charge in [-0.25, -0.2) is 4.79 Å². The maximum Gasteiger partial charge on any atom is 0.337 e. The summed E-state index contributed by atoms with van der Waals surface area (Å²) in [6.07, 6.45) is 0.114. The predicted molar refractivity (Wildman–Crippen MR) is 65.4 cm³/mol. The number of aromatic carboxylic acids is 1. The van der Waals surface area contributed by atoms with Gasteiger partial charge in [0.1, 0.15) is 0 Å². The topological polar surface area (TPSA) is 75.8 Å². The molecule has 1 atom stereocenters. The van der Waals surface area contributed by atoms with Crippen LogP contribution >= 0.6 is 0 Å². The second kappa shape index (κ2) is 4.63. The van der Waals surface area contributed by atoms with Crippen molar-refractivity contribution in [3.63, 3.8) is 0 Å². The molecule has 0 radical (unpaired) electrons. The van der Waals surface area contributed by atoms with Crippen molar-refractivity contribution in [3.8, 4) is 0 Å². The van der Waals surface area contributed by atoms with Crippen molar-refractivity contribution < 1.29 is 14.6 Å². The van der Waals surface area contributed by atoms with Gasteiger partial charge in [0.05, 0.1) is 24.0 Å². The number of morpholine rings is 1. The summed E-state index contributed by atoms with van der Waals surface area (Å²) in [7, 11) is 0. The molecule has 17 heavy (non-hydrogen) atoms. The molecular weight excluding hydrogens is 220 g/mol. The molecule has 1 aliphatic heterocycles. The van der Waals surface area contributed by atoms with Crippen LogP contribution in [0, 0.1) is 0 Å². The highest BCUT2D eigenvalue weighted by Crippen LogP contribution is 2.25. The van der Waals surface area contributed by atoms with E-state index < -0.39 is 5.97 Å². The van der Waals surface area contributed by atoms with E-state index >= 15 is 0 Å². The van der Waals surface area contributed by atoms with Gasteiger partial charge in [0.2, 0.25) is 0 Å². The number of nitrogen functional groups attached to an aromatic ring is 1. The highest BCUT2D eigenvalue weighted by molar-refractivity contribution is 5.95. The van der Waals surface area contributed by atoms with E-state index in [0.29, 0.717) is 31.1 Å². The highest BCUT2D eigenvalue weighted by Gasteiger charge is 2.21. The Morgan fingerprint density at radius 1 is 1.59 bits per heavy atom. The molecule has 0 aromatic heterocycles. The first-order chi connectivity index (χ1) is 8.08. The number of hydrogen-bond donors (Lipinski definition) is 2. The lowest BCUT2D eigenvalue weighted by atomic mass is 10.1. The largest absolute Gasteiger partial charge is 0.478 e. The third-order valence-corrected chi connectivity index (χ3v) is 2.83. The summed E-state index contributed by atoms with van der Waals surface area (Å²) in [5, 5.41) is 9.17. The van der Waals surface area contributed by atoms with E-state index in [1.165, 1.54) is 6.07 Å². The minimum absolute atomic E-state index is 0.114. The van der Waals surface area contributed by atoms with Crippen molar-refractivity contribution in [3.05, 3.63) is 23.8 Å². The van der Waals surface area contributed by atoms with E-state index in [1.54, 1.807) is 12.1 Å². The zero-order chi connectivity index (χ0) is 12.4.